The maximum atomic E-state index is 12.5. The number of nitrogens with zero attached hydrogens (tertiary/aromatic N) is 4. The first-order chi connectivity index (χ1) is 12.4. The van der Waals surface area contributed by atoms with Crippen LogP contribution in [0.15, 0.2) is 9.59 Å². The Morgan fingerprint density at radius 3 is 2.58 bits per heavy atom. The highest BCUT2D eigenvalue weighted by atomic mass is 16.5. The van der Waals surface area contributed by atoms with E-state index in [-0.39, 0.29) is 19.3 Å². The lowest BCUT2D eigenvalue weighted by Gasteiger charge is -2.28. The van der Waals surface area contributed by atoms with Crippen molar-refractivity contribution in [2.24, 2.45) is 7.05 Å². The molecule has 0 amide bonds. The summed E-state index contributed by atoms with van der Waals surface area (Å²) in [5.41, 5.74) is -0.357. The number of nitrogens with one attached hydrogen (secondary N) is 1. The minimum absolute atomic E-state index is 0.00923. The van der Waals surface area contributed by atoms with Crippen LogP contribution in [0, 0.1) is 0 Å². The molecule has 1 aliphatic heterocycles. The van der Waals surface area contributed by atoms with Crippen LogP contribution in [0.2, 0.25) is 0 Å². The van der Waals surface area contributed by atoms with Crippen molar-refractivity contribution in [3.05, 3.63) is 20.8 Å². The molecule has 0 radical (unpaired) electrons. The molecular formula is C17H27N5O4. The van der Waals surface area contributed by atoms with Crippen molar-refractivity contribution in [3.63, 3.8) is 0 Å². The summed E-state index contributed by atoms with van der Waals surface area (Å²) in [6.45, 7) is 5.83. The van der Waals surface area contributed by atoms with Crippen LogP contribution in [0.4, 0.5) is 5.95 Å². The number of hydrogen-bond acceptors (Lipinski definition) is 6. The average molecular weight is 365 g/mol. The molecule has 3 heterocycles. The quantitative estimate of drug-likeness (QED) is 0.758. The van der Waals surface area contributed by atoms with Gasteiger partial charge in [-0.25, -0.2) is 4.79 Å². The van der Waals surface area contributed by atoms with E-state index >= 15 is 0 Å². The van der Waals surface area contributed by atoms with E-state index in [1.807, 2.05) is 13.8 Å². The van der Waals surface area contributed by atoms with E-state index in [1.165, 1.54) is 11.0 Å². The standard InChI is InChI=1S/C17H27N5O4/c1-11(2)26-10-12(23)9-22-13-14(20(3)17(25)19-15(13)24)18-16(22)21-7-5-4-6-8-21/h11-12,23H,4-10H2,1-3H3,(H,19,24,25). The molecule has 0 aliphatic carbocycles. The van der Waals surface area contributed by atoms with E-state index in [4.69, 9.17) is 4.74 Å². The first-order valence-electron chi connectivity index (χ1n) is 9.12. The van der Waals surface area contributed by atoms with Gasteiger partial charge in [-0.1, -0.05) is 0 Å². The smallest absolute Gasteiger partial charge is 0.329 e. The fraction of sp³-hybridized carbons (Fsp3) is 0.706. The predicted octanol–water partition coefficient (Wildman–Crippen LogP) is 0.200. The summed E-state index contributed by atoms with van der Waals surface area (Å²) in [7, 11) is 1.58. The summed E-state index contributed by atoms with van der Waals surface area (Å²) in [5, 5.41) is 10.4. The number of hydrogen-bond donors (Lipinski definition) is 2. The first kappa shape index (κ1) is 18.7. The number of aliphatic hydroxyl groups is 1. The topological polar surface area (TPSA) is 105 Å². The normalized spacial score (nSPS) is 16.6. The van der Waals surface area contributed by atoms with Crippen molar-refractivity contribution in [2.75, 3.05) is 24.6 Å². The summed E-state index contributed by atoms with van der Waals surface area (Å²) in [5.74, 6) is 0.620. The molecule has 0 aromatic carbocycles. The van der Waals surface area contributed by atoms with Gasteiger partial charge >= 0.3 is 5.69 Å². The van der Waals surface area contributed by atoms with Crippen LogP contribution in [0.3, 0.4) is 0 Å². The number of H-pyrrole nitrogens is 1. The highest BCUT2D eigenvalue weighted by Crippen LogP contribution is 2.23. The zero-order valence-electron chi connectivity index (χ0n) is 15.6. The number of aryl methyl sites for hydroxylation is 1. The van der Waals surface area contributed by atoms with Crippen molar-refractivity contribution in [1.29, 1.82) is 0 Å². The van der Waals surface area contributed by atoms with E-state index in [0.29, 0.717) is 17.1 Å². The number of aliphatic hydroxyl groups excluding tert-OH is 1. The molecule has 2 aromatic rings. The molecule has 1 aliphatic rings. The van der Waals surface area contributed by atoms with Crippen molar-refractivity contribution in [2.45, 2.75) is 51.9 Å². The lowest BCUT2D eigenvalue weighted by atomic mass is 10.1. The van der Waals surface area contributed by atoms with Gasteiger partial charge in [0.2, 0.25) is 5.95 Å². The third-order valence-electron chi connectivity index (χ3n) is 4.64. The van der Waals surface area contributed by atoms with Crippen molar-refractivity contribution < 1.29 is 9.84 Å². The molecular weight excluding hydrogens is 338 g/mol. The van der Waals surface area contributed by atoms with E-state index in [1.54, 1.807) is 11.6 Å². The summed E-state index contributed by atoms with van der Waals surface area (Å²) in [6.07, 6.45) is 2.50. The molecule has 9 nitrogen and oxygen atoms in total. The fourth-order valence-corrected chi connectivity index (χ4v) is 3.30. The number of aromatic nitrogens is 4. The van der Waals surface area contributed by atoms with Gasteiger partial charge in [-0.05, 0) is 33.1 Å². The Labute approximate surface area is 151 Å². The second-order valence-electron chi connectivity index (χ2n) is 7.10. The van der Waals surface area contributed by atoms with Gasteiger partial charge in [0.15, 0.2) is 11.2 Å². The lowest BCUT2D eigenvalue weighted by molar-refractivity contribution is -0.000185. The van der Waals surface area contributed by atoms with E-state index in [0.717, 1.165) is 25.9 Å². The van der Waals surface area contributed by atoms with Crippen LogP contribution >= 0.6 is 0 Å². The molecule has 9 heteroatoms. The van der Waals surface area contributed by atoms with Crippen molar-refractivity contribution in [1.82, 2.24) is 19.1 Å². The van der Waals surface area contributed by atoms with E-state index < -0.39 is 17.4 Å². The number of fused-ring (bicyclic) bond motifs is 1. The number of imidazole rings is 1. The molecule has 26 heavy (non-hydrogen) atoms. The van der Waals surface area contributed by atoms with E-state index in [9.17, 15) is 14.7 Å². The molecule has 1 fully saturated rings. The maximum absolute atomic E-state index is 12.5. The number of aromatic amines is 1. The van der Waals surface area contributed by atoms with Gasteiger partial charge in [-0.15, -0.1) is 0 Å². The molecule has 0 bridgehead atoms. The van der Waals surface area contributed by atoms with Crippen LogP contribution in [-0.4, -0.2) is 56.1 Å². The van der Waals surface area contributed by atoms with Crippen LogP contribution in [-0.2, 0) is 18.3 Å². The predicted molar refractivity (Wildman–Crippen MR) is 98.8 cm³/mol. The largest absolute Gasteiger partial charge is 0.389 e. The Morgan fingerprint density at radius 1 is 1.23 bits per heavy atom. The number of piperidine rings is 1. The van der Waals surface area contributed by atoms with Crippen molar-refractivity contribution in [3.8, 4) is 0 Å². The Bertz CT molecular complexity index is 876. The number of rotatable bonds is 6. The molecule has 2 N–H and O–H groups in total. The third kappa shape index (κ3) is 3.68. The van der Waals surface area contributed by atoms with Gasteiger partial charge in [-0.3, -0.25) is 14.3 Å². The Kier molecular flexibility index (Phi) is 5.47. The minimum atomic E-state index is -0.782. The monoisotopic (exact) mass is 365 g/mol. The molecule has 1 saturated heterocycles. The highest BCUT2D eigenvalue weighted by Gasteiger charge is 2.24. The first-order valence-corrected chi connectivity index (χ1v) is 9.12. The molecule has 1 atom stereocenters. The van der Waals surface area contributed by atoms with Gasteiger partial charge in [0.1, 0.15) is 0 Å². The fourth-order valence-electron chi connectivity index (χ4n) is 3.30. The van der Waals surface area contributed by atoms with Crippen LogP contribution in [0.1, 0.15) is 33.1 Å². The molecule has 1 unspecified atom stereocenters. The number of anilines is 1. The molecule has 2 aromatic heterocycles. The summed E-state index contributed by atoms with van der Waals surface area (Å²) in [6, 6.07) is 0. The van der Waals surface area contributed by atoms with Gasteiger partial charge < -0.3 is 19.3 Å². The Balaban J connectivity index is 2.06. The zero-order chi connectivity index (χ0) is 18.8. The second kappa shape index (κ2) is 7.63. The Hall–Kier alpha value is -2.13. The maximum Gasteiger partial charge on any atom is 0.329 e. The SMILES string of the molecule is CC(C)OCC(O)Cn1c(N2CCCCC2)nc2c1c(=O)[nH]c(=O)n2C. The highest BCUT2D eigenvalue weighted by molar-refractivity contribution is 5.74. The molecule has 3 rings (SSSR count). The second-order valence-corrected chi connectivity index (χ2v) is 7.10. The van der Waals surface area contributed by atoms with Crippen molar-refractivity contribution >= 4 is 17.1 Å². The average Bonchev–Trinajstić information content (AvgIpc) is 2.98. The van der Waals surface area contributed by atoms with Gasteiger partial charge in [0, 0.05) is 20.1 Å². The van der Waals surface area contributed by atoms with Gasteiger partial charge in [0.25, 0.3) is 5.56 Å². The number of ether oxygens (including phenoxy) is 1. The summed E-state index contributed by atoms with van der Waals surface area (Å²) in [4.78, 5) is 33.4. The minimum Gasteiger partial charge on any atom is -0.389 e. The molecule has 0 spiro atoms. The van der Waals surface area contributed by atoms with Gasteiger partial charge in [0.05, 0.1) is 25.4 Å². The van der Waals surface area contributed by atoms with Crippen LogP contribution < -0.4 is 16.1 Å². The van der Waals surface area contributed by atoms with E-state index in [2.05, 4.69) is 14.9 Å². The molecule has 0 saturated carbocycles. The summed E-state index contributed by atoms with van der Waals surface area (Å²) >= 11 is 0. The Morgan fingerprint density at radius 2 is 1.92 bits per heavy atom. The third-order valence-corrected chi connectivity index (χ3v) is 4.64. The lowest BCUT2D eigenvalue weighted by Crippen LogP contribution is -2.34. The van der Waals surface area contributed by atoms with Crippen LogP contribution in [0.5, 0.6) is 0 Å². The molecule has 144 valence electrons. The van der Waals surface area contributed by atoms with Crippen LogP contribution in [0.25, 0.3) is 11.2 Å². The summed E-state index contributed by atoms with van der Waals surface area (Å²) < 4.78 is 8.53. The van der Waals surface area contributed by atoms with Gasteiger partial charge in [-0.2, -0.15) is 4.98 Å². The zero-order valence-corrected chi connectivity index (χ0v) is 15.6.